The lowest BCUT2D eigenvalue weighted by atomic mass is 9.83. The van der Waals surface area contributed by atoms with Gasteiger partial charge in [0.15, 0.2) is 11.6 Å². The Labute approximate surface area is 255 Å². The lowest BCUT2D eigenvalue weighted by molar-refractivity contribution is -0.923. The molecule has 3 rings (SSSR count). The lowest BCUT2D eigenvalue weighted by Gasteiger charge is -2.35. The third-order valence-corrected chi connectivity index (χ3v) is 8.66. The molecule has 0 atom stereocenters. The average molecular weight is 613 g/mol. The highest BCUT2D eigenvalue weighted by atomic mass is 79.9. The van der Waals surface area contributed by atoms with Crippen molar-refractivity contribution in [1.29, 1.82) is 0 Å². The number of hydrogen-bond donors (Lipinski definition) is 0. The summed E-state index contributed by atoms with van der Waals surface area (Å²) in [4.78, 5) is 26.4. The maximum Gasteiger partial charge on any atom is 0.194 e. The number of carbonyl (C=O) groups is 2. The van der Waals surface area contributed by atoms with Gasteiger partial charge in [0.2, 0.25) is 0 Å². The first kappa shape index (κ1) is 34.4. The average Bonchev–Trinajstić information content (AvgIpc) is 2.94. The smallest absolute Gasteiger partial charge is 0.194 e. The molecular formula is C36H54BrNO2. The fourth-order valence-corrected chi connectivity index (χ4v) is 6.21. The predicted molar refractivity (Wildman–Crippen MR) is 165 cm³/mol. The number of carbonyl (C=O) groups excluding carboxylic acids is 2. The molecule has 4 heteroatoms. The topological polar surface area (TPSA) is 34.1 Å². The SMILES string of the molecule is CCCCCCCCCC[N+](C)(CCCCCCCCCC)Cc1ccc2c(c1)C(=O)c1ccccc1C2=O.[Br-]. The van der Waals surface area contributed by atoms with E-state index in [1.807, 2.05) is 24.3 Å². The van der Waals surface area contributed by atoms with E-state index >= 15 is 0 Å². The van der Waals surface area contributed by atoms with E-state index in [1.165, 1.54) is 121 Å². The van der Waals surface area contributed by atoms with Gasteiger partial charge in [-0.15, -0.1) is 0 Å². The molecule has 2 aromatic rings. The van der Waals surface area contributed by atoms with Crippen LogP contribution in [0.1, 0.15) is 154 Å². The Balaban J connectivity index is 0.00000560. The number of benzene rings is 2. The van der Waals surface area contributed by atoms with E-state index in [1.54, 1.807) is 12.1 Å². The summed E-state index contributed by atoms with van der Waals surface area (Å²) in [5.74, 6) is -0.0377. The molecule has 0 N–H and O–H groups in total. The van der Waals surface area contributed by atoms with Crippen molar-refractivity contribution in [2.24, 2.45) is 0 Å². The third kappa shape index (κ3) is 10.6. The summed E-state index contributed by atoms with van der Waals surface area (Å²) in [6.45, 7) is 7.83. The van der Waals surface area contributed by atoms with E-state index < -0.39 is 0 Å². The van der Waals surface area contributed by atoms with Crippen molar-refractivity contribution in [3.8, 4) is 0 Å². The summed E-state index contributed by atoms with van der Waals surface area (Å²) in [6.07, 6.45) is 21.4. The summed E-state index contributed by atoms with van der Waals surface area (Å²) in [5.41, 5.74) is 3.40. The number of ketones is 2. The largest absolute Gasteiger partial charge is 1.00 e. The molecule has 2 aromatic carbocycles. The highest BCUT2D eigenvalue weighted by Gasteiger charge is 2.30. The Kier molecular flexibility index (Phi) is 16.0. The van der Waals surface area contributed by atoms with E-state index in [0.717, 1.165) is 11.0 Å². The quantitative estimate of drug-likeness (QED) is 0.105. The van der Waals surface area contributed by atoms with Crippen LogP contribution in [0, 0.1) is 0 Å². The van der Waals surface area contributed by atoms with Crippen LogP contribution in [0.4, 0.5) is 0 Å². The molecule has 222 valence electrons. The zero-order chi connectivity index (χ0) is 27.9. The van der Waals surface area contributed by atoms with Crippen molar-refractivity contribution in [3.05, 3.63) is 70.3 Å². The van der Waals surface area contributed by atoms with Crippen molar-refractivity contribution in [1.82, 2.24) is 0 Å². The van der Waals surface area contributed by atoms with Crippen LogP contribution in [0.5, 0.6) is 0 Å². The van der Waals surface area contributed by atoms with Gasteiger partial charge < -0.3 is 21.5 Å². The predicted octanol–water partition coefficient (Wildman–Crippen LogP) is 6.69. The molecule has 0 spiro atoms. The molecule has 3 nitrogen and oxygen atoms in total. The first-order valence-corrected chi connectivity index (χ1v) is 16.1. The van der Waals surface area contributed by atoms with E-state index in [0.29, 0.717) is 22.3 Å². The Bertz CT molecular complexity index is 1030. The molecule has 1 aliphatic rings. The van der Waals surface area contributed by atoms with Gasteiger partial charge in [0, 0.05) is 27.8 Å². The van der Waals surface area contributed by atoms with Crippen LogP contribution >= 0.6 is 0 Å². The normalized spacial score (nSPS) is 12.7. The molecule has 0 radical (unpaired) electrons. The van der Waals surface area contributed by atoms with Crippen LogP contribution in [0.2, 0.25) is 0 Å². The minimum absolute atomic E-state index is 0. The Morgan fingerprint density at radius 2 is 0.925 bits per heavy atom. The van der Waals surface area contributed by atoms with Gasteiger partial charge in [0.25, 0.3) is 0 Å². The lowest BCUT2D eigenvalue weighted by Crippen LogP contribution is -3.00. The number of unbranched alkanes of at least 4 members (excludes halogenated alkanes) is 14. The molecule has 1 aliphatic carbocycles. The zero-order valence-electron chi connectivity index (χ0n) is 25.6. The molecular weight excluding hydrogens is 558 g/mol. The Morgan fingerprint density at radius 3 is 1.40 bits per heavy atom. The highest BCUT2D eigenvalue weighted by Crippen LogP contribution is 2.29. The number of nitrogens with zero attached hydrogens (tertiary/aromatic N) is 1. The van der Waals surface area contributed by atoms with Crippen LogP contribution in [0.25, 0.3) is 0 Å². The number of quaternary nitrogens is 1. The van der Waals surface area contributed by atoms with Gasteiger partial charge in [-0.1, -0.05) is 121 Å². The molecule has 0 heterocycles. The summed E-state index contributed by atoms with van der Waals surface area (Å²) in [5, 5.41) is 0. The molecule has 0 fully saturated rings. The van der Waals surface area contributed by atoms with Crippen molar-refractivity contribution < 1.29 is 31.1 Å². The summed E-state index contributed by atoms with van der Waals surface area (Å²) in [7, 11) is 2.41. The van der Waals surface area contributed by atoms with Crippen LogP contribution in [-0.2, 0) is 6.54 Å². The number of fused-ring (bicyclic) bond motifs is 2. The van der Waals surface area contributed by atoms with Gasteiger partial charge in [-0.2, -0.15) is 0 Å². The van der Waals surface area contributed by atoms with Crippen LogP contribution in [-0.4, -0.2) is 36.2 Å². The van der Waals surface area contributed by atoms with Crippen molar-refractivity contribution >= 4 is 11.6 Å². The first-order chi connectivity index (χ1) is 19.0. The van der Waals surface area contributed by atoms with E-state index in [2.05, 4.69) is 27.0 Å². The summed E-state index contributed by atoms with van der Waals surface area (Å²) in [6, 6.07) is 13.3. The highest BCUT2D eigenvalue weighted by molar-refractivity contribution is 6.28. The van der Waals surface area contributed by atoms with Gasteiger partial charge in [-0.25, -0.2) is 0 Å². The standard InChI is InChI=1S/C36H54NO2.BrH/c1-4-6-8-10-12-14-16-20-26-37(3,27-21-17-15-13-11-9-7-5-2)29-30-24-25-33-34(28-30)36(39)32-23-19-18-22-31(32)35(33)38;/h18-19,22-25,28H,4-17,20-21,26-27,29H2,1-3H3;1H/q+1;/p-1. The van der Waals surface area contributed by atoms with Gasteiger partial charge in [-0.3, -0.25) is 9.59 Å². The summed E-state index contributed by atoms with van der Waals surface area (Å²) >= 11 is 0. The van der Waals surface area contributed by atoms with Gasteiger partial charge in [-0.05, 0) is 37.8 Å². The Hall–Kier alpha value is -1.78. The first-order valence-electron chi connectivity index (χ1n) is 16.1. The Morgan fingerprint density at radius 1 is 0.525 bits per heavy atom. The number of rotatable bonds is 20. The van der Waals surface area contributed by atoms with Crippen LogP contribution in [0.15, 0.2) is 42.5 Å². The van der Waals surface area contributed by atoms with Crippen LogP contribution in [0.3, 0.4) is 0 Å². The van der Waals surface area contributed by atoms with Crippen LogP contribution < -0.4 is 17.0 Å². The number of halogens is 1. The monoisotopic (exact) mass is 611 g/mol. The molecule has 0 amide bonds. The van der Waals surface area contributed by atoms with E-state index in [4.69, 9.17) is 0 Å². The second kappa shape index (κ2) is 18.6. The van der Waals surface area contributed by atoms with Gasteiger partial charge >= 0.3 is 0 Å². The summed E-state index contributed by atoms with van der Waals surface area (Å²) < 4.78 is 1.02. The van der Waals surface area contributed by atoms with Crippen molar-refractivity contribution in [3.63, 3.8) is 0 Å². The van der Waals surface area contributed by atoms with E-state index in [-0.39, 0.29) is 28.5 Å². The zero-order valence-corrected chi connectivity index (χ0v) is 27.2. The van der Waals surface area contributed by atoms with E-state index in [9.17, 15) is 9.59 Å². The van der Waals surface area contributed by atoms with Gasteiger partial charge in [0.1, 0.15) is 6.54 Å². The molecule has 40 heavy (non-hydrogen) atoms. The molecule has 0 aliphatic heterocycles. The third-order valence-electron chi connectivity index (χ3n) is 8.66. The van der Waals surface area contributed by atoms with Crippen molar-refractivity contribution in [2.75, 3.05) is 20.1 Å². The second-order valence-electron chi connectivity index (χ2n) is 12.3. The fraction of sp³-hybridized carbons (Fsp3) is 0.611. The second-order valence-corrected chi connectivity index (χ2v) is 12.3. The molecule has 0 saturated heterocycles. The fourth-order valence-electron chi connectivity index (χ4n) is 6.21. The molecule has 0 saturated carbocycles. The van der Waals surface area contributed by atoms with Gasteiger partial charge in [0.05, 0.1) is 20.1 Å². The molecule has 0 bridgehead atoms. The minimum atomic E-state index is -0.0260. The minimum Gasteiger partial charge on any atom is -1.00 e. The maximum absolute atomic E-state index is 13.3. The maximum atomic E-state index is 13.3. The van der Waals surface area contributed by atoms with Crippen molar-refractivity contribution in [2.45, 2.75) is 123 Å². The molecule has 0 unspecified atom stereocenters. The molecule has 0 aromatic heterocycles. The number of hydrogen-bond acceptors (Lipinski definition) is 2.